The Bertz CT molecular complexity index is 611. The van der Waals surface area contributed by atoms with E-state index in [0.29, 0.717) is 0 Å². The van der Waals surface area contributed by atoms with Crippen LogP contribution < -0.4 is 0 Å². The Morgan fingerprint density at radius 2 is 1.28 bits per heavy atom. The van der Waals surface area contributed by atoms with Crippen molar-refractivity contribution in [2.45, 2.75) is 26.2 Å². The predicted octanol–water partition coefficient (Wildman–Crippen LogP) is 3.58. The number of carbonyl (C=O) groups is 2. The summed E-state index contributed by atoms with van der Waals surface area (Å²) < 4.78 is 10.1. The molecule has 0 radical (unpaired) electrons. The topological polar surface area (TPSA) is 52.6 Å². The molecule has 2 rings (SSSR count). The summed E-state index contributed by atoms with van der Waals surface area (Å²) in [5, 5.41) is 0. The number of rotatable bonds is 9. The van der Waals surface area contributed by atoms with Crippen LogP contribution in [0, 0.1) is 5.92 Å². The molecular weight excluding hydrogens is 316 g/mol. The maximum atomic E-state index is 11.8. The molecule has 4 nitrogen and oxygen atoms in total. The highest BCUT2D eigenvalue weighted by Gasteiger charge is 2.16. The van der Waals surface area contributed by atoms with E-state index in [4.69, 9.17) is 9.47 Å². The van der Waals surface area contributed by atoms with Crippen LogP contribution >= 0.6 is 0 Å². The number of hydrogen-bond acceptors (Lipinski definition) is 4. The molecule has 0 aliphatic carbocycles. The van der Waals surface area contributed by atoms with Gasteiger partial charge in [-0.25, -0.2) is 0 Å². The van der Waals surface area contributed by atoms with Gasteiger partial charge in [-0.1, -0.05) is 60.7 Å². The van der Waals surface area contributed by atoms with Crippen molar-refractivity contribution in [3.63, 3.8) is 0 Å². The minimum Gasteiger partial charge on any atom is -0.466 e. The standard InChI is InChI=1S/C21H24O4/c1-2-24-20(22)15-21(23)25-16-19(13-17-9-5-3-6-10-17)14-18-11-7-4-8-12-18/h3-12,19H,2,13-16H2,1H3. The van der Waals surface area contributed by atoms with Crippen molar-refractivity contribution in [2.24, 2.45) is 5.92 Å². The number of ether oxygens (including phenoxy) is 2. The summed E-state index contributed by atoms with van der Waals surface area (Å²) in [6.07, 6.45) is 1.28. The van der Waals surface area contributed by atoms with E-state index in [1.807, 2.05) is 36.4 Å². The lowest BCUT2D eigenvalue weighted by atomic mass is 9.93. The van der Waals surface area contributed by atoms with Crippen molar-refractivity contribution < 1.29 is 19.1 Å². The first-order valence-corrected chi connectivity index (χ1v) is 8.56. The van der Waals surface area contributed by atoms with Crippen LogP contribution in [-0.4, -0.2) is 25.2 Å². The Morgan fingerprint density at radius 1 is 0.800 bits per heavy atom. The van der Waals surface area contributed by atoms with E-state index < -0.39 is 11.9 Å². The molecule has 2 aromatic carbocycles. The number of esters is 2. The molecule has 0 bridgehead atoms. The molecule has 0 fully saturated rings. The second-order valence-electron chi connectivity index (χ2n) is 5.91. The number of hydrogen-bond donors (Lipinski definition) is 0. The average Bonchev–Trinajstić information content (AvgIpc) is 2.61. The predicted molar refractivity (Wildman–Crippen MR) is 96.0 cm³/mol. The second-order valence-corrected chi connectivity index (χ2v) is 5.91. The maximum absolute atomic E-state index is 11.8. The molecule has 0 unspecified atom stereocenters. The summed E-state index contributed by atoms with van der Waals surface area (Å²) in [5.74, 6) is -0.935. The third kappa shape index (κ3) is 7.21. The van der Waals surface area contributed by atoms with Gasteiger partial charge in [0.05, 0.1) is 13.2 Å². The number of benzene rings is 2. The fourth-order valence-corrected chi connectivity index (χ4v) is 2.68. The van der Waals surface area contributed by atoms with Crippen molar-refractivity contribution in [1.82, 2.24) is 0 Å². The molecule has 0 saturated carbocycles. The van der Waals surface area contributed by atoms with Crippen LogP contribution in [0.4, 0.5) is 0 Å². The summed E-state index contributed by atoms with van der Waals surface area (Å²) in [6, 6.07) is 20.2. The number of carbonyl (C=O) groups excluding carboxylic acids is 2. The van der Waals surface area contributed by atoms with E-state index in [0.717, 1.165) is 12.8 Å². The van der Waals surface area contributed by atoms with Crippen LogP contribution in [0.5, 0.6) is 0 Å². The van der Waals surface area contributed by atoms with Crippen LogP contribution in [0.15, 0.2) is 60.7 Å². The fraction of sp³-hybridized carbons (Fsp3) is 0.333. The molecule has 132 valence electrons. The molecule has 4 heteroatoms. The second kappa shape index (κ2) is 10.3. The van der Waals surface area contributed by atoms with E-state index in [9.17, 15) is 9.59 Å². The van der Waals surface area contributed by atoms with E-state index in [1.54, 1.807) is 6.92 Å². The first-order chi connectivity index (χ1) is 12.2. The summed E-state index contributed by atoms with van der Waals surface area (Å²) >= 11 is 0. The van der Waals surface area contributed by atoms with Gasteiger partial charge in [-0.3, -0.25) is 9.59 Å². The monoisotopic (exact) mass is 340 g/mol. The zero-order valence-corrected chi connectivity index (χ0v) is 14.5. The lowest BCUT2D eigenvalue weighted by molar-refractivity contribution is -0.155. The summed E-state index contributed by atoms with van der Waals surface area (Å²) in [6.45, 7) is 2.25. The van der Waals surface area contributed by atoms with Gasteiger partial charge in [0.25, 0.3) is 0 Å². The molecule has 0 saturated heterocycles. The van der Waals surface area contributed by atoms with E-state index in [1.165, 1.54) is 11.1 Å². The lowest BCUT2D eigenvalue weighted by Gasteiger charge is -2.17. The quantitative estimate of drug-likeness (QED) is 0.517. The Morgan fingerprint density at radius 3 is 1.76 bits per heavy atom. The first-order valence-electron chi connectivity index (χ1n) is 8.56. The van der Waals surface area contributed by atoms with Crippen LogP contribution in [0.1, 0.15) is 24.5 Å². The average molecular weight is 340 g/mol. The third-order valence-corrected chi connectivity index (χ3v) is 3.81. The van der Waals surface area contributed by atoms with Crippen molar-refractivity contribution in [1.29, 1.82) is 0 Å². The molecular formula is C21H24O4. The molecule has 0 aliphatic heterocycles. The minimum absolute atomic E-state index is 0.149. The van der Waals surface area contributed by atoms with Crippen LogP contribution in [0.2, 0.25) is 0 Å². The van der Waals surface area contributed by atoms with Crippen molar-refractivity contribution in [3.8, 4) is 0 Å². The van der Waals surface area contributed by atoms with E-state index >= 15 is 0 Å². The third-order valence-electron chi connectivity index (χ3n) is 3.81. The highest BCUT2D eigenvalue weighted by Crippen LogP contribution is 2.16. The van der Waals surface area contributed by atoms with Gasteiger partial charge in [-0.15, -0.1) is 0 Å². The SMILES string of the molecule is CCOC(=O)CC(=O)OCC(Cc1ccccc1)Cc1ccccc1. The van der Waals surface area contributed by atoms with Gasteiger partial charge >= 0.3 is 11.9 Å². The largest absolute Gasteiger partial charge is 0.466 e. The summed E-state index contributed by atoms with van der Waals surface area (Å²) in [7, 11) is 0. The van der Waals surface area contributed by atoms with Crippen LogP contribution in [-0.2, 0) is 31.9 Å². The molecule has 0 aliphatic rings. The zero-order valence-electron chi connectivity index (χ0n) is 14.5. The van der Waals surface area contributed by atoms with Gasteiger partial charge in [0.2, 0.25) is 0 Å². The summed E-state index contributed by atoms with van der Waals surface area (Å²) in [4.78, 5) is 23.2. The van der Waals surface area contributed by atoms with Gasteiger partial charge in [0.15, 0.2) is 0 Å². The smallest absolute Gasteiger partial charge is 0.317 e. The molecule has 0 N–H and O–H groups in total. The molecule has 0 amide bonds. The maximum Gasteiger partial charge on any atom is 0.317 e. The molecule has 0 spiro atoms. The summed E-state index contributed by atoms with van der Waals surface area (Å²) in [5.41, 5.74) is 2.40. The van der Waals surface area contributed by atoms with Gasteiger partial charge in [0, 0.05) is 5.92 Å². The molecule has 0 aromatic heterocycles. The molecule has 25 heavy (non-hydrogen) atoms. The normalized spacial score (nSPS) is 10.5. The van der Waals surface area contributed by atoms with E-state index in [-0.39, 0.29) is 25.6 Å². The van der Waals surface area contributed by atoms with Crippen molar-refractivity contribution in [2.75, 3.05) is 13.2 Å². The van der Waals surface area contributed by atoms with Gasteiger partial charge in [-0.2, -0.15) is 0 Å². The Kier molecular flexibility index (Phi) is 7.70. The van der Waals surface area contributed by atoms with Gasteiger partial charge < -0.3 is 9.47 Å². The van der Waals surface area contributed by atoms with Crippen molar-refractivity contribution in [3.05, 3.63) is 71.8 Å². The lowest BCUT2D eigenvalue weighted by Crippen LogP contribution is -2.21. The molecule has 0 atom stereocenters. The highest BCUT2D eigenvalue weighted by atomic mass is 16.6. The Balaban J connectivity index is 1.94. The van der Waals surface area contributed by atoms with Gasteiger partial charge in [-0.05, 0) is 30.9 Å². The first kappa shape index (κ1) is 18.7. The van der Waals surface area contributed by atoms with Crippen LogP contribution in [0.3, 0.4) is 0 Å². The van der Waals surface area contributed by atoms with Crippen molar-refractivity contribution >= 4 is 11.9 Å². The zero-order chi connectivity index (χ0) is 17.9. The highest BCUT2D eigenvalue weighted by molar-refractivity contribution is 5.91. The minimum atomic E-state index is -0.546. The molecule has 0 heterocycles. The van der Waals surface area contributed by atoms with Crippen LogP contribution in [0.25, 0.3) is 0 Å². The Hall–Kier alpha value is -2.62. The molecule has 2 aromatic rings. The fourth-order valence-electron chi connectivity index (χ4n) is 2.68. The Labute approximate surface area is 148 Å². The van der Waals surface area contributed by atoms with E-state index in [2.05, 4.69) is 24.3 Å². The van der Waals surface area contributed by atoms with Gasteiger partial charge in [0.1, 0.15) is 6.42 Å².